The van der Waals surface area contributed by atoms with Crippen LogP contribution in [0.1, 0.15) is 26.2 Å². The van der Waals surface area contributed by atoms with Crippen LogP contribution in [0.5, 0.6) is 0 Å². The second-order valence-corrected chi connectivity index (χ2v) is 6.17. The molecule has 19 heavy (non-hydrogen) atoms. The van der Waals surface area contributed by atoms with E-state index in [1.165, 1.54) is 29.1 Å². The minimum atomic E-state index is 0.618. The normalized spacial score (nSPS) is 19.4. The van der Waals surface area contributed by atoms with Gasteiger partial charge in [0.1, 0.15) is 0 Å². The lowest BCUT2D eigenvalue weighted by atomic mass is 10.2. The molecule has 1 saturated heterocycles. The van der Waals surface area contributed by atoms with Crippen molar-refractivity contribution in [2.45, 2.75) is 32.2 Å². The number of nitrogens with one attached hydrogen (secondary N) is 1. The van der Waals surface area contributed by atoms with Crippen LogP contribution < -0.4 is 10.2 Å². The average Bonchev–Trinajstić information content (AvgIpc) is 3.04. The first kappa shape index (κ1) is 12.9. The fourth-order valence-electron chi connectivity index (χ4n) is 2.73. The van der Waals surface area contributed by atoms with Gasteiger partial charge < -0.3 is 10.2 Å². The zero-order chi connectivity index (χ0) is 13.1. The van der Waals surface area contributed by atoms with Crippen LogP contribution in [-0.2, 0) is 0 Å². The Bertz CT molecular complexity index is 504. The molecule has 2 heterocycles. The summed E-state index contributed by atoms with van der Waals surface area (Å²) in [6.45, 7) is 5.57. The summed E-state index contributed by atoms with van der Waals surface area (Å²) in [6, 6.07) is 9.05. The van der Waals surface area contributed by atoms with Crippen LogP contribution >= 0.6 is 11.3 Å². The van der Waals surface area contributed by atoms with E-state index >= 15 is 0 Å². The molecule has 2 aromatic rings. The molecule has 0 aliphatic carbocycles. The predicted octanol–water partition coefficient (Wildman–Crippen LogP) is 3.26. The molecule has 1 N–H and O–H groups in total. The topological polar surface area (TPSA) is 28.2 Å². The fraction of sp³-hybridized carbons (Fsp3) is 0.533. The number of fused-ring (bicyclic) bond motifs is 1. The highest BCUT2D eigenvalue weighted by Crippen LogP contribution is 2.32. The van der Waals surface area contributed by atoms with Crippen molar-refractivity contribution in [3.8, 4) is 0 Å². The Morgan fingerprint density at radius 1 is 1.42 bits per heavy atom. The Hall–Kier alpha value is -1.13. The number of rotatable bonds is 5. The summed E-state index contributed by atoms with van der Waals surface area (Å²) in [5.41, 5.74) is 1.13. The third-order valence-electron chi connectivity index (χ3n) is 3.71. The quantitative estimate of drug-likeness (QED) is 0.849. The number of nitrogens with zero attached hydrogens (tertiary/aromatic N) is 2. The number of benzene rings is 1. The minimum Gasteiger partial charge on any atom is -0.344 e. The second kappa shape index (κ2) is 5.88. The summed E-state index contributed by atoms with van der Waals surface area (Å²) < 4.78 is 1.30. The summed E-state index contributed by atoms with van der Waals surface area (Å²) in [6.07, 6.45) is 3.77. The van der Waals surface area contributed by atoms with Crippen molar-refractivity contribution >= 4 is 26.7 Å². The molecular formula is C15H21N3S. The van der Waals surface area contributed by atoms with E-state index in [0.29, 0.717) is 6.04 Å². The van der Waals surface area contributed by atoms with Crippen molar-refractivity contribution in [1.29, 1.82) is 0 Å². The monoisotopic (exact) mass is 275 g/mol. The number of hydrogen-bond donors (Lipinski definition) is 1. The molecule has 0 spiro atoms. The molecule has 1 fully saturated rings. The summed E-state index contributed by atoms with van der Waals surface area (Å²) in [5, 5.41) is 4.74. The van der Waals surface area contributed by atoms with Gasteiger partial charge in [-0.15, -0.1) is 0 Å². The number of thiazole rings is 1. The van der Waals surface area contributed by atoms with Crippen LogP contribution in [0.2, 0.25) is 0 Å². The summed E-state index contributed by atoms with van der Waals surface area (Å²) in [7, 11) is 0. The Morgan fingerprint density at radius 3 is 3.16 bits per heavy atom. The van der Waals surface area contributed by atoms with Crippen molar-refractivity contribution in [2.75, 3.05) is 24.5 Å². The van der Waals surface area contributed by atoms with E-state index in [1.807, 2.05) is 11.3 Å². The molecule has 3 nitrogen and oxygen atoms in total. The van der Waals surface area contributed by atoms with Gasteiger partial charge in [-0.2, -0.15) is 0 Å². The van der Waals surface area contributed by atoms with Crippen LogP contribution in [-0.4, -0.2) is 30.7 Å². The zero-order valence-electron chi connectivity index (χ0n) is 11.4. The Kier molecular flexibility index (Phi) is 3.99. The summed E-state index contributed by atoms with van der Waals surface area (Å²) >= 11 is 1.82. The largest absolute Gasteiger partial charge is 0.344 e. The molecule has 0 amide bonds. The van der Waals surface area contributed by atoms with Crippen LogP contribution in [0.15, 0.2) is 24.3 Å². The molecule has 0 radical (unpaired) electrons. The highest BCUT2D eigenvalue weighted by molar-refractivity contribution is 7.22. The number of aromatic nitrogens is 1. The molecule has 102 valence electrons. The predicted molar refractivity (Wildman–Crippen MR) is 83.1 cm³/mol. The smallest absolute Gasteiger partial charge is 0.186 e. The van der Waals surface area contributed by atoms with Gasteiger partial charge in [0.25, 0.3) is 0 Å². The molecule has 1 aliphatic rings. The number of hydrogen-bond acceptors (Lipinski definition) is 4. The van der Waals surface area contributed by atoms with Crippen molar-refractivity contribution in [3.05, 3.63) is 24.3 Å². The first-order valence-electron chi connectivity index (χ1n) is 7.21. The van der Waals surface area contributed by atoms with Crippen LogP contribution in [0.4, 0.5) is 5.13 Å². The van der Waals surface area contributed by atoms with E-state index < -0.39 is 0 Å². The third kappa shape index (κ3) is 2.74. The van der Waals surface area contributed by atoms with E-state index in [4.69, 9.17) is 4.98 Å². The molecule has 3 rings (SSSR count). The van der Waals surface area contributed by atoms with Gasteiger partial charge >= 0.3 is 0 Å². The molecule has 4 heteroatoms. The average molecular weight is 275 g/mol. The standard InChI is InChI=1S/C15H21N3S/c1-2-9-16-11-12-6-5-10-18(12)15-17-13-7-3-4-8-14(13)19-15/h3-4,7-8,12,16H,2,5-6,9-11H2,1H3. The van der Waals surface area contributed by atoms with E-state index in [-0.39, 0.29) is 0 Å². The van der Waals surface area contributed by atoms with Crippen molar-refractivity contribution < 1.29 is 0 Å². The zero-order valence-corrected chi connectivity index (χ0v) is 12.2. The van der Waals surface area contributed by atoms with Crippen LogP contribution in [0.25, 0.3) is 10.2 Å². The van der Waals surface area contributed by atoms with Gasteiger partial charge in [0, 0.05) is 19.1 Å². The van der Waals surface area contributed by atoms with Crippen LogP contribution in [0, 0.1) is 0 Å². The Labute approximate surface area is 118 Å². The van der Waals surface area contributed by atoms with Gasteiger partial charge in [-0.25, -0.2) is 4.98 Å². The fourth-order valence-corrected chi connectivity index (χ4v) is 3.79. The Balaban J connectivity index is 1.76. The molecule has 1 unspecified atom stereocenters. The van der Waals surface area contributed by atoms with E-state index in [0.717, 1.165) is 25.2 Å². The SMILES string of the molecule is CCCNCC1CCCN1c1nc2ccccc2s1. The lowest BCUT2D eigenvalue weighted by molar-refractivity contribution is 0.570. The molecule has 1 atom stereocenters. The third-order valence-corrected chi connectivity index (χ3v) is 4.79. The van der Waals surface area contributed by atoms with Crippen molar-refractivity contribution in [2.24, 2.45) is 0 Å². The lowest BCUT2D eigenvalue weighted by Gasteiger charge is -2.24. The van der Waals surface area contributed by atoms with Gasteiger partial charge in [-0.1, -0.05) is 30.4 Å². The second-order valence-electron chi connectivity index (χ2n) is 5.16. The highest BCUT2D eigenvalue weighted by Gasteiger charge is 2.26. The van der Waals surface area contributed by atoms with Gasteiger partial charge in [-0.3, -0.25) is 0 Å². The molecule has 1 aliphatic heterocycles. The van der Waals surface area contributed by atoms with E-state index in [9.17, 15) is 0 Å². The summed E-state index contributed by atoms with van der Waals surface area (Å²) in [5.74, 6) is 0. The summed E-state index contributed by atoms with van der Waals surface area (Å²) in [4.78, 5) is 7.28. The molecule has 1 aromatic heterocycles. The Morgan fingerprint density at radius 2 is 2.32 bits per heavy atom. The van der Waals surface area contributed by atoms with E-state index in [2.05, 4.69) is 41.4 Å². The molecule has 1 aromatic carbocycles. The molecule has 0 bridgehead atoms. The maximum absolute atomic E-state index is 4.79. The van der Waals surface area contributed by atoms with Gasteiger partial charge in [-0.05, 0) is 37.9 Å². The number of para-hydroxylation sites is 1. The minimum absolute atomic E-state index is 0.618. The van der Waals surface area contributed by atoms with Gasteiger partial charge in [0.05, 0.1) is 10.2 Å². The first-order chi connectivity index (χ1) is 9.38. The highest BCUT2D eigenvalue weighted by atomic mass is 32.1. The molecule has 0 saturated carbocycles. The van der Waals surface area contributed by atoms with Gasteiger partial charge in [0.15, 0.2) is 5.13 Å². The lowest BCUT2D eigenvalue weighted by Crippen LogP contribution is -2.38. The van der Waals surface area contributed by atoms with Crippen molar-refractivity contribution in [1.82, 2.24) is 10.3 Å². The first-order valence-corrected chi connectivity index (χ1v) is 8.03. The maximum atomic E-state index is 4.79. The van der Waals surface area contributed by atoms with E-state index in [1.54, 1.807) is 0 Å². The van der Waals surface area contributed by atoms with Crippen molar-refractivity contribution in [3.63, 3.8) is 0 Å². The molecular weight excluding hydrogens is 254 g/mol. The van der Waals surface area contributed by atoms with Gasteiger partial charge in [0.2, 0.25) is 0 Å². The van der Waals surface area contributed by atoms with Crippen LogP contribution in [0.3, 0.4) is 0 Å². The maximum Gasteiger partial charge on any atom is 0.186 e. The number of anilines is 1.